The number of aryl methyl sites for hydroxylation is 2. The fourth-order valence-electron chi connectivity index (χ4n) is 2.51. The molecule has 2 N–H and O–H groups in total. The van der Waals surface area contributed by atoms with Crippen LogP contribution in [0.1, 0.15) is 36.8 Å². The van der Waals surface area contributed by atoms with Crippen molar-refractivity contribution in [2.45, 2.75) is 45.6 Å². The molecule has 1 saturated carbocycles. The monoisotopic (exact) mass is 310 g/mol. The molecule has 1 aliphatic carbocycles. The van der Waals surface area contributed by atoms with Gasteiger partial charge >= 0.3 is 6.03 Å². The molecule has 0 aliphatic heterocycles. The number of carbonyl (C=O) groups excluding carboxylic acids is 1. The summed E-state index contributed by atoms with van der Waals surface area (Å²) in [7, 11) is 0. The highest BCUT2D eigenvalue weighted by atomic mass is 79.9. The van der Waals surface area contributed by atoms with Crippen LogP contribution in [0.3, 0.4) is 0 Å². The van der Waals surface area contributed by atoms with Crippen LogP contribution in [-0.2, 0) is 0 Å². The summed E-state index contributed by atoms with van der Waals surface area (Å²) in [5.41, 5.74) is 3.06. The largest absolute Gasteiger partial charge is 0.335 e. The molecule has 2 amide bonds. The number of anilines is 1. The summed E-state index contributed by atoms with van der Waals surface area (Å²) in [4.78, 5) is 11.9. The summed E-state index contributed by atoms with van der Waals surface area (Å²) in [6, 6.07) is 4.28. The molecule has 18 heavy (non-hydrogen) atoms. The normalized spacial score (nSPS) is 15.7. The minimum Gasteiger partial charge on any atom is -0.335 e. The van der Waals surface area contributed by atoms with Crippen molar-refractivity contribution >= 4 is 27.6 Å². The van der Waals surface area contributed by atoms with Crippen molar-refractivity contribution in [1.29, 1.82) is 0 Å². The van der Waals surface area contributed by atoms with Crippen LogP contribution in [0.4, 0.5) is 10.5 Å². The Balaban J connectivity index is 2.02. The zero-order valence-electron chi connectivity index (χ0n) is 10.8. The Kier molecular flexibility index (Phi) is 4.27. The topological polar surface area (TPSA) is 41.1 Å². The molecule has 1 aromatic rings. The fraction of sp³-hybridized carbons (Fsp3) is 0.500. The zero-order chi connectivity index (χ0) is 13.1. The fourth-order valence-corrected chi connectivity index (χ4v) is 3.20. The Morgan fingerprint density at radius 1 is 1.22 bits per heavy atom. The van der Waals surface area contributed by atoms with Crippen LogP contribution >= 0.6 is 15.9 Å². The van der Waals surface area contributed by atoms with E-state index >= 15 is 0 Å². The van der Waals surface area contributed by atoms with Gasteiger partial charge in [0.05, 0.1) is 0 Å². The molecule has 1 aliphatic rings. The summed E-state index contributed by atoms with van der Waals surface area (Å²) in [6.45, 7) is 4.01. The number of urea groups is 1. The SMILES string of the molecule is Cc1cc(Br)cc(C)c1NC(=O)NC1CCCC1. The third kappa shape index (κ3) is 3.25. The van der Waals surface area contributed by atoms with Crippen LogP contribution in [0.25, 0.3) is 0 Å². The van der Waals surface area contributed by atoms with E-state index in [-0.39, 0.29) is 6.03 Å². The molecule has 98 valence electrons. The first-order valence-electron chi connectivity index (χ1n) is 6.40. The Labute approximate surface area is 116 Å². The third-order valence-electron chi connectivity index (χ3n) is 3.43. The van der Waals surface area contributed by atoms with Crippen LogP contribution < -0.4 is 10.6 Å². The number of hydrogen-bond donors (Lipinski definition) is 2. The van der Waals surface area contributed by atoms with E-state index in [0.717, 1.165) is 34.1 Å². The van der Waals surface area contributed by atoms with E-state index in [4.69, 9.17) is 0 Å². The van der Waals surface area contributed by atoms with Gasteiger partial charge < -0.3 is 10.6 Å². The molecule has 3 nitrogen and oxygen atoms in total. The Bertz CT molecular complexity index is 430. The minimum atomic E-state index is -0.0876. The highest BCUT2D eigenvalue weighted by molar-refractivity contribution is 9.10. The second-order valence-electron chi connectivity index (χ2n) is 4.99. The lowest BCUT2D eigenvalue weighted by atomic mass is 10.1. The van der Waals surface area contributed by atoms with E-state index < -0.39 is 0 Å². The average molecular weight is 311 g/mol. The van der Waals surface area contributed by atoms with Crippen LogP contribution in [0.5, 0.6) is 0 Å². The molecule has 0 atom stereocenters. The molecule has 0 spiro atoms. The van der Waals surface area contributed by atoms with Crippen molar-refractivity contribution in [2.75, 3.05) is 5.32 Å². The van der Waals surface area contributed by atoms with Gasteiger partial charge in [-0.25, -0.2) is 4.79 Å². The van der Waals surface area contributed by atoms with Gasteiger partial charge in [-0.15, -0.1) is 0 Å². The predicted molar refractivity (Wildman–Crippen MR) is 78.0 cm³/mol. The summed E-state index contributed by atoms with van der Waals surface area (Å²) in [5.74, 6) is 0. The standard InChI is InChI=1S/C14H19BrN2O/c1-9-7-11(15)8-10(2)13(9)17-14(18)16-12-5-3-4-6-12/h7-8,12H,3-6H2,1-2H3,(H2,16,17,18). The number of hydrogen-bond acceptors (Lipinski definition) is 1. The van der Waals surface area contributed by atoms with E-state index in [1.54, 1.807) is 0 Å². The Morgan fingerprint density at radius 2 is 1.78 bits per heavy atom. The summed E-state index contributed by atoms with van der Waals surface area (Å²) >= 11 is 3.46. The van der Waals surface area contributed by atoms with Crippen LogP contribution in [-0.4, -0.2) is 12.1 Å². The number of amides is 2. The first kappa shape index (κ1) is 13.4. The highest BCUT2D eigenvalue weighted by Crippen LogP contribution is 2.25. The van der Waals surface area contributed by atoms with Crippen LogP contribution in [0.2, 0.25) is 0 Å². The van der Waals surface area contributed by atoms with Crippen molar-refractivity contribution in [2.24, 2.45) is 0 Å². The summed E-state index contributed by atoms with van der Waals surface area (Å²) < 4.78 is 1.04. The van der Waals surface area contributed by atoms with Gasteiger partial charge in [0.25, 0.3) is 0 Å². The molecule has 1 aromatic carbocycles. The quantitative estimate of drug-likeness (QED) is 0.847. The lowest BCUT2D eigenvalue weighted by Crippen LogP contribution is -2.36. The molecule has 0 bridgehead atoms. The Hall–Kier alpha value is -1.03. The molecule has 4 heteroatoms. The Morgan fingerprint density at radius 3 is 2.33 bits per heavy atom. The summed E-state index contributed by atoms with van der Waals surface area (Å²) in [6.07, 6.45) is 4.65. The van der Waals surface area contributed by atoms with E-state index in [0.29, 0.717) is 6.04 Å². The van der Waals surface area contributed by atoms with Gasteiger partial charge in [-0.3, -0.25) is 0 Å². The lowest BCUT2D eigenvalue weighted by Gasteiger charge is -2.16. The van der Waals surface area contributed by atoms with Gasteiger partial charge in [-0.05, 0) is 49.9 Å². The smallest absolute Gasteiger partial charge is 0.319 e. The van der Waals surface area contributed by atoms with Gasteiger partial charge in [0, 0.05) is 16.2 Å². The van der Waals surface area contributed by atoms with E-state index in [1.165, 1.54) is 12.8 Å². The van der Waals surface area contributed by atoms with Gasteiger partial charge in [0.2, 0.25) is 0 Å². The number of nitrogens with one attached hydrogen (secondary N) is 2. The second-order valence-corrected chi connectivity index (χ2v) is 5.91. The van der Waals surface area contributed by atoms with Crippen molar-refractivity contribution in [1.82, 2.24) is 5.32 Å². The summed E-state index contributed by atoms with van der Waals surface area (Å²) in [5, 5.41) is 6.00. The molecule has 0 saturated heterocycles. The lowest BCUT2D eigenvalue weighted by molar-refractivity contribution is 0.248. The molecule has 0 radical (unpaired) electrons. The molecule has 1 fully saturated rings. The molecule has 0 aromatic heterocycles. The third-order valence-corrected chi connectivity index (χ3v) is 3.88. The maximum atomic E-state index is 11.9. The first-order chi connectivity index (χ1) is 8.56. The van der Waals surface area contributed by atoms with Gasteiger partial charge in [0.1, 0.15) is 0 Å². The molecular formula is C14H19BrN2O. The van der Waals surface area contributed by atoms with Gasteiger partial charge in [-0.2, -0.15) is 0 Å². The second kappa shape index (κ2) is 5.74. The van der Waals surface area contributed by atoms with Gasteiger partial charge in [-0.1, -0.05) is 28.8 Å². The number of benzene rings is 1. The minimum absolute atomic E-state index is 0.0876. The molecule has 2 rings (SSSR count). The molecular weight excluding hydrogens is 292 g/mol. The zero-order valence-corrected chi connectivity index (χ0v) is 12.4. The maximum absolute atomic E-state index is 11.9. The highest BCUT2D eigenvalue weighted by Gasteiger charge is 2.17. The molecule has 0 heterocycles. The van der Waals surface area contributed by atoms with Crippen molar-refractivity contribution < 1.29 is 4.79 Å². The average Bonchev–Trinajstić information content (AvgIpc) is 2.76. The number of carbonyl (C=O) groups is 1. The van der Waals surface area contributed by atoms with Crippen LogP contribution in [0.15, 0.2) is 16.6 Å². The van der Waals surface area contributed by atoms with Crippen LogP contribution in [0, 0.1) is 13.8 Å². The number of halogens is 1. The van der Waals surface area contributed by atoms with E-state index in [2.05, 4.69) is 26.6 Å². The first-order valence-corrected chi connectivity index (χ1v) is 7.20. The van der Waals surface area contributed by atoms with Crippen molar-refractivity contribution in [3.63, 3.8) is 0 Å². The van der Waals surface area contributed by atoms with E-state index in [9.17, 15) is 4.79 Å². The predicted octanol–water partition coefficient (Wildman–Crippen LogP) is 4.13. The number of rotatable bonds is 2. The van der Waals surface area contributed by atoms with Gasteiger partial charge in [0.15, 0.2) is 0 Å². The molecule has 0 unspecified atom stereocenters. The maximum Gasteiger partial charge on any atom is 0.319 e. The van der Waals surface area contributed by atoms with Crippen molar-refractivity contribution in [3.8, 4) is 0 Å². The van der Waals surface area contributed by atoms with E-state index in [1.807, 2.05) is 26.0 Å². The van der Waals surface area contributed by atoms with Crippen molar-refractivity contribution in [3.05, 3.63) is 27.7 Å².